The summed E-state index contributed by atoms with van der Waals surface area (Å²) >= 11 is 0. The van der Waals surface area contributed by atoms with Crippen LogP contribution in [0.2, 0.25) is 0 Å². The molecule has 108 valence electrons. The summed E-state index contributed by atoms with van der Waals surface area (Å²) in [5, 5.41) is 1.06. The monoisotopic (exact) mass is 294 g/mol. The molecule has 2 heterocycles. The number of hydrogen-bond donors (Lipinski definition) is 1. The van der Waals surface area contributed by atoms with Gasteiger partial charge in [0.15, 0.2) is 0 Å². The Labute approximate surface area is 134 Å². The minimum atomic E-state index is 0.872. The molecule has 4 rings (SSSR count). The lowest BCUT2D eigenvalue weighted by atomic mass is 10.0. The van der Waals surface area contributed by atoms with Gasteiger partial charge in [-0.1, -0.05) is 54.3 Å². The van der Waals surface area contributed by atoms with Crippen molar-refractivity contribution in [2.24, 2.45) is 0 Å². The van der Waals surface area contributed by atoms with Crippen molar-refractivity contribution in [1.82, 2.24) is 9.97 Å². The van der Waals surface area contributed by atoms with Crippen LogP contribution in [0.15, 0.2) is 79.1 Å². The number of aromatic amines is 1. The van der Waals surface area contributed by atoms with E-state index in [-0.39, 0.29) is 0 Å². The first-order valence-electron chi connectivity index (χ1n) is 7.50. The topological polar surface area (TPSA) is 28.7 Å². The maximum Gasteiger partial charge on any atom is 0.138 e. The molecular formula is C21H14N2. The minimum Gasteiger partial charge on any atom is -0.346 e. The number of nitrogens with one attached hydrogen (secondary N) is 1. The number of H-pyrrole nitrogens is 1. The van der Waals surface area contributed by atoms with E-state index in [4.69, 9.17) is 0 Å². The highest BCUT2D eigenvalue weighted by Gasteiger charge is 1.99. The maximum atomic E-state index is 4.28. The van der Waals surface area contributed by atoms with Crippen LogP contribution in [-0.2, 0) is 0 Å². The molecule has 0 spiro atoms. The third-order valence-electron chi connectivity index (χ3n) is 3.79. The van der Waals surface area contributed by atoms with E-state index >= 15 is 0 Å². The summed E-state index contributed by atoms with van der Waals surface area (Å²) in [5.74, 6) is 6.47. The van der Waals surface area contributed by atoms with Gasteiger partial charge in [0, 0.05) is 28.9 Å². The molecule has 2 aromatic carbocycles. The quantitative estimate of drug-likeness (QED) is 0.509. The second-order valence-corrected chi connectivity index (χ2v) is 5.29. The minimum absolute atomic E-state index is 0.872. The van der Waals surface area contributed by atoms with Crippen LogP contribution in [0, 0.1) is 11.8 Å². The van der Waals surface area contributed by atoms with Crippen LogP contribution < -0.4 is 0 Å². The zero-order chi connectivity index (χ0) is 15.5. The SMILES string of the molecule is C(#Cc1ccnc2[nH]ccc12)c1ccc(-c2ccccc2)cc1. The van der Waals surface area contributed by atoms with Crippen molar-refractivity contribution in [3.63, 3.8) is 0 Å². The first-order valence-corrected chi connectivity index (χ1v) is 7.50. The number of pyridine rings is 1. The Bertz CT molecular complexity index is 1000. The smallest absolute Gasteiger partial charge is 0.138 e. The van der Waals surface area contributed by atoms with Crippen molar-refractivity contribution >= 4 is 11.0 Å². The number of benzene rings is 2. The second kappa shape index (κ2) is 5.82. The Kier molecular flexibility index (Phi) is 3.38. The van der Waals surface area contributed by atoms with Crippen LogP contribution in [0.4, 0.5) is 0 Å². The third kappa shape index (κ3) is 2.73. The molecular weight excluding hydrogens is 280 g/mol. The Morgan fingerprint density at radius 3 is 2.35 bits per heavy atom. The molecule has 0 unspecified atom stereocenters. The Balaban J connectivity index is 1.64. The fraction of sp³-hybridized carbons (Fsp3) is 0. The van der Waals surface area contributed by atoms with Crippen LogP contribution in [0.3, 0.4) is 0 Å². The Hall–Kier alpha value is -3.31. The molecule has 0 atom stereocenters. The van der Waals surface area contributed by atoms with Crippen molar-refractivity contribution in [3.8, 4) is 23.0 Å². The Morgan fingerprint density at radius 1 is 0.739 bits per heavy atom. The van der Waals surface area contributed by atoms with Gasteiger partial charge in [0.1, 0.15) is 5.65 Å². The van der Waals surface area contributed by atoms with Gasteiger partial charge in [0.05, 0.1) is 0 Å². The van der Waals surface area contributed by atoms with E-state index in [1.807, 2.05) is 24.4 Å². The normalized spacial score (nSPS) is 10.3. The van der Waals surface area contributed by atoms with Crippen molar-refractivity contribution in [3.05, 3.63) is 90.3 Å². The van der Waals surface area contributed by atoms with E-state index in [0.717, 1.165) is 22.2 Å². The summed E-state index contributed by atoms with van der Waals surface area (Å²) < 4.78 is 0. The highest BCUT2D eigenvalue weighted by Crippen LogP contribution is 2.19. The van der Waals surface area contributed by atoms with Gasteiger partial charge >= 0.3 is 0 Å². The first kappa shape index (κ1) is 13.4. The maximum absolute atomic E-state index is 4.28. The molecule has 4 aromatic rings. The first-order chi connectivity index (χ1) is 11.4. The number of aromatic nitrogens is 2. The molecule has 0 radical (unpaired) electrons. The number of fused-ring (bicyclic) bond motifs is 1. The summed E-state index contributed by atoms with van der Waals surface area (Å²) in [5.41, 5.74) is 5.29. The van der Waals surface area contributed by atoms with Gasteiger partial charge in [0.25, 0.3) is 0 Å². The van der Waals surface area contributed by atoms with E-state index in [9.17, 15) is 0 Å². The standard InChI is InChI=1S/C21H14N2/c1-2-4-17(5-3-1)18-9-6-16(7-10-18)8-11-19-12-14-22-21-20(19)13-15-23-21/h1-7,9-10,12-15H,(H,22,23). The largest absolute Gasteiger partial charge is 0.346 e. The number of rotatable bonds is 1. The highest BCUT2D eigenvalue weighted by molar-refractivity contribution is 5.82. The van der Waals surface area contributed by atoms with Gasteiger partial charge in [-0.05, 0) is 35.4 Å². The van der Waals surface area contributed by atoms with E-state index in [1.165, 1.54) is 11.1 Å². The molecule has 2 heteroatoms. The van der Waals surface area contributed by atoms with Crippen molar-refractivity contribution in [2.75, 3.05) is 0 Å². The van der Waals surface area contributed by atoms with Gasteiger partial charge in [0.2, 0.25) is 0 Å². The van der Waals surface area contributed by atoms with Crippen LogP contribution in [0.1, 0.15) is 11.1 Å². The fourth-order valence-electron chi connectivity index (χ4n) is 2.59. The van der Waals surface area contributed by atoms with E-state index < -0.39 is 0 Å². The molecule has 0 saturated carbocycles. The van der Waals surface area contributed by atoms with Crippen LogP contribution in [-0.4, -0.2) is 9.97 Å². The molecule has 1 N–H and O–H groups in total. The molecule has 2 nitrogen and oxygen atoms in total. The number of nitrogens with zero attached hydrogens (tertiary/aromatic N) is 1. The molecule has 0 aliphatic rings. The molecule has 23 heavy (non-hydrogen) atoms. The second-order valence-electron chi connectivity index (χ2n) is 5.29. The van der Waals surface area contributed by atoms with Gasteiger partial charge in [-0.3, -0.25) is 0 Å². The van der Waals surface area contributed by atoms with Crippen molar-refractivity contribution in [2.45, 2.75) is 0 Å². The van der Waals surface area contributed by atoms with Gasteiger partial charge in [-0.25, -0.2) is 4.98 Å². The van der Waals surface area contributed by atoms with E-state index in [2.05, 4.69) is 70.3 Å². The van der Waals surface area contributed by atoms with Crippen LogP contribution in [0.5, 0.6) is 0 Å². The third-order valence-corrected chi connectivity index (χ3v) is 3.79. The van der Waals surface area contributed by atoms with Crippen molar-refractivity contribution < 1.29 is 0 Å². The molecule has 2 aromatic heterocycles. The molecule has 0 aliphatic carbocycles. The Morgan fingerprint density at radius 2 is 1.52 bits per heavy atom. The lowest BCUT2D eigenvalue weighted by molar-refractivity contribution is 1.32. The van der Waals surface area contributed by atoms with E-state index in [0.29, 0.717) is 0 Å². The molecule has 0 bridgehead atoms. The zero-order valence-electron chi connectivity index (χ0n) is 12.5. The molecule has 0 saturated heterocycles. The molecule has 0 aliphatic heterocycles. The summed E-state index contributed by atoms with van der Waals surface area (Å²) in [7, 11) is 0. The summed E-state index contributed by atoms with van der Waals surface area (Å²) in [4.78, 5) is 7.38. The predicted octanol–water partition coefficient (Wildman–Crippen LogP) is 4.63. The lowest BCUT2D eigenvalue weighted by Gasteiger charge is -2.00. The van der Waals surface area contributed by atoms with Gasteiger partial charge in [-0.2, -0.15) is 0 Å². The number of hydrogen-bond acceptors (Lipinski definition) is 1. The van der Waals surface area contributed by atoms with Crippen molar-refractivity contribution in [1.29, 1.82) is 0 Å². The lowest BCUT2D eigenvalue weighted by Crippen LogP contribution is -1.81. The van der Waals surface area contributed by atoms with Crippen LogP contribution in [0.25, 0.3) is 22.2 Å². The average molecular weight is 294 g/mol. The average Bonchev–Trinajstić information content (AvgIpc) is 3.10. The van der Waals surface area contributed by atoms with E-state index in [1.54, 1.807) is 6.20 Å². The van der Waals surface area contributed by atoms with Gasteiger partial charge < -0.3 is 4.98 Å². The van der Waals surface area contributed by atoms with Crippen LogP contribution >= 0.6 is 0 Å². The fourth-order valence-corrected chi connectivity index (χ4v) is 2.59. The highest BCUT2D eigenvalue weighted by atomic mass is 14.8. The predicted molar refractivity (Wildman–Crippen MR) is 94.0 cm³/mol. The summed E-state index contributed by atoms with van der Waals surface area (Å²) in [6.45, 7) is 0. The van der Waals surface area contributed by atoms with Gasteiger partial charge in [-0.15, -0.1) is 0 Å². The summed E-state index contributed by atoms with van der Waals surface area (Å²) in [6, 6.07) is 22.6. The molecule has 0 fully saturated rings. The summed E-state index contributed by atoms with van der Waals surface area (Å²) in [6.07, 6.45) is 3.67. The zero-order valence-corrected chi connectivity index (χ0v) is 12.5. The molecule has 0 amide bonds.